The van der Waals surface area contributed by atoms with Crippen molar-refractivity contribution in [2.75, 3.05) is 33.7 Å². The Morgan fingerprint density at radius 1 is 1.08 bits per heavy atom. The van der Waals surface area contributed by atoms with Crippen LogP contribution in [0.2, 0.25) is 0 Å². The van der Waals surface area contributed by atoms with Gasteiger partial charge in [-0.25, -0.2) is 0 Å². The Balaban J connectivity index is 0.00000576. The Bertz CT molecular complexity index is 547. The smallest absolute Gasteiger partial charge is 0.239 e. The van der Waals surface area contributed by atoms with Crippen LogP contribution in [0.4, 0.5) is 0 Å². The molecule has 0 saturated heterocycles. The molecule has 6 heteroatoms. The minimum Gasteiger partial charge on any atom is -0.353 e. The number of carbonyl (C=O) groups excluding carboxylic acids is 2. The van der Waals surface area contributed by atoms with Crippen LogP contribution in [0.25, 0.3) is 0 Å². The van der Waals surface area contributed by atoms with Crippen LogP contribution in [0.3, 0.4) is 0 Å². The summed E-state index contributed by atoms with van der Waals surface area (Å²) in [7, 11) is 3.90. The van der Waals surface area contributed by atoms with Crippen molar-refractivity contribution in [3.8, 4) is 0 Å². The number of benzene rings is 1. The van der Waals surface area contributed by atoms with Gasteiger partial charge in [0.15, 0.2) is 0 Å². The standard InChI is InChI=1S/C19H31N3O2.ClH/c1-14(2)12-16-8-6-7-9-17(16)15(3)19(24)21-13-18(23)20-10-11-22(4)5;/h6-9,14-15H,10-13H2,1-5H3,(H,20,23)(H,21,24);1H/t15-;/m1./s1. The van der Waals surface area contributed by atoms with Gasteiger partial charge < -0.3 is 15.5 Å². The molecule has 0 saturated carbocycles. The number of nitrogens with one attached hydrogen (secondary N) is 2. The van der Waals surface area contributed by atoms with E-state index in [-0.39, 0.29) is 36.7 Å². The molecule has 5 nitrogen and oxygen atoms in total. The van der Waals surface area contributed by atoms with E-state index >= 15 is 0 Å². The Hall–Kier alpha value is -1.59. The van der Waals surface area contributed by atoms with Crippen molar-refractivity contribution >= 4 is 24.2 Å². The Kier molecular flexibility index (Phi) is 11.1. The summed E-state index contributed by atoms with van der Waals surface area (Å²) >= 11 is 0. The third kappa shape index (κ3) is 8.89. The van der Waals surface area contributed by atoms with E-state index in [1.165, 1.54) is 5.56 Å². The van der Waals surface area contributed by atoms with Gasteiger partial charge in [0, 0.05) is 13.1 Å². The lowest BCUT2D eigenvalue weighted by Gasteiger charge is -2.17. The Morgan fingerprint density at radius 3 is 2.32 bits per heavy atom. The molecule has 0 bridgehead atoms. The number of rotatable bonds is 9. The molecule has 0 fully saturated rings. The summed E-state index contributed by atoms with van der Waals surface area (Å²) in [5, 5.41) is 5.52. The maximum absolute atomic E-state index is 12.4. The molecule has 25 heavy (non-hydrogen) atoms. The zero-order valence-corrected chi connectivity index (χ0v) is 16.8. The number of hydrogen-bond donors (Lipinski definition) is 2. The number of hydrogen-bond acceptors (Lipinski definition) is 3. The van der Waals surface area contributed by atoms with Crippen LogP contribution in [0.1, 0.15) is 37.8 Å². The number of nitrogens with zero attached hydrogens (tertiary/aromatic N) is 1. The molecule has 0 radical (unpaired) electrons. The zero-order chi connectivity index (χ0) is 18.1. The van der Waals surface area contributed by atoms with Crippen LogP contribution in [0.5, 0.6) is 0 Å². The van der Waals surface area contributed by atoms with Crippen molar-refractivity contribution in [2.45, 2.75) is 33.1 Å². The van der Waals surface area contributed by atoms with Gasteiger partial charge in [-0.15, -0.1) is 12.4 Å². The number of likely N-dealkylation sites (N-methyl/N-ethyl adjacent to an activating group) is 1. The molecule has 0 aliphatic rings. The highest BCUT2D eigenvalue weighted by Crippen LogP contribution is 2.22. The average molecular weight is 370 g/mol. The molecule has 142 valence electrons. The van der Waals surface area contributed by atoms with Gasteiger partial charge in [0.2, 0.25) is 11.8 Å². The third-order valence-corrected chi connectivity index (χ3v) is 3.85. The minimum absolute atomic E-state index is 0. The largest absolute Gasteiger partial charge is 0.353 e. The molecule has 2 N–H and O–H groups in total. The van der Waals surface area contributed by atoms with Crippen LogP contribution >= 0.6 is 12.4 Å². The fourth-order valence-corrected chi connectivity index (χ4v) is 2.53. The summed E-state index contributed by atoms with van der Waals surface area (Å²) in [6.07, 6.45) is 0.943. The molecule has 0 heterocycles. The maximum Gasteiger partial charge on any atom is 0.239 e. The summed E-state index contributed by atoms with van der Waals surface area (Å²) in [6.45, 7) is 7.59. The van der Waals surface area contributed by atoms with Gasteiger partial charge in [-0.1, -0.05) is 38.1 Å². The molecular weight excluding hydrogens is 338 g/mol. The van der Waals surface area contributed by atoms with Crippen molar-refractivity contribution in [1.82, 2.24) is 15.5 Å². The molecule has 0 unspecified atom stereocenters. The molecule has 0 spiro atoms. The fraction of sp³-hybridized carbons (Fsp3) is 0.579. The highest BCUT2D eigenvalue weighted by atomic mass is 35.5. The summed E-state index contributed by atoms with van der Waals surface area (Å²) < 4.78 is 0. The maximum atomic E-state index is 12.4. The van der Waals surface area contributed by atoms with E-state index in [2.05, 4.69) is 30.5 Å². The normalized spacial score (nSPS) is 11.8. The topological polar surface area (TPSA) is 61.4 Å². The van der Waals surface area contributed by atoms with E-state index in [1.807, 2.05) is 44.1 Å². The monoisotopic (exact) mass is 369 g/mol. The third-order valence-electron chi connectivity index (χ3n) is 3.85. The molecule has 1 atom stereocenters. The van der Waals surface area contributed by atoms with E-state index < -0.39 is 0 Å². The van der Waals surface area contributed by atoms with E-state index in [9.17, 15) is 9.59 Å². The van der Waals surface area contributed by atoms with E-state index in [4.69, 9.17) is 0 Å². The second kappa shape index (κ2) is 11.9. The van der Waals surface area contributed by atoms with Crippen molar-refractivity contribution in [2.24, 2.45) is 5.92 Å². The highest BCUT2D eigenvalue weighted by molar-refractivity contribution is 5.88. The number of carbonyl (C=O) groups is 2. The van der Waals surface area contributed by atoms with Gasteiger partial charge in [0.1, 0.15) is 0 Å². The first kappa shape index (κ1) is 23.4. The van der Waals surface area contributed by atoms with Gasteiger partial charge in [0.25, 0.3) is 0 Å². The highest BCUT2D eigenvalue weighted by Gasteiger charge is 2.19. The van der Waals surface area contributed by atoms with Crippen LogP contribution < -0.4 is 10.6 Å². The molecule has 0 aromatic heterocycles. The fourth-order valence-electron chi connectivity index (χ4n) is 2.53. The van der Waals surface area contributed by atoms with Crippen LogP contribution in [0.15, 0.2) is 24.3 Å². The first-order valence-electron chi connectivity index (χ1n) is 8.58. The SMILES string of the molecule is CC(C)Cc1ccccc1[C@@H](C)C(=O)NCC(=O)NCCN(C)C.Cl. The first-order chi connectivity index (χ1) is 11.3. The van der Waals surface area contributed by atoms with E-state index in [0.717, 1.165) is 18.5 Å². The second-order valence-electron chi connectivity index (χ2n) is 6.89. The molecule has 0 aliphatic heterocycles. The van der Waals surface area contributed by atoms with Crippen LogP contribution in [0, 0.1) is 5.92 Å². The molecular formula is C19H32ClN3O2. The lowest BCUT2D eigenvalue weighted by Crippen LogP contribution is -2.40. The molecule has 2 amide bonds. The predicted molar refractivity (Wildman–Crippen MR) is 105 cm³/mol. The Labute approximate surface area is 158 Å². The molecule has 0 aliphatic carbocycles. The predicted octanol–water partition coefficient (Wildman–Crippen LogP) is 2.20. The van der Waals surface area contributed by atoms with Gasteiger partial charge in [-0.3, -0.25) is 9.59 Å². The second-order valence-corrected chi connectivity index (χ2v) is 6.89. The van der Waals surface area contributed by atoms with Gasteiger partial charge >= 0.3 is 0 Å². The lowest BCUT2D eigenvalue weighted by molar-refractivity contribution is -0.126. The van der Waals surface area contributed by atoms with E-state index in [1.54, 1.807) is 0 Å². The lowest BCUT2D eigenvalue weighted by atomic mass is 9.90. The number of halogens is 1. The Morgan fingerprint density at radius 2 is 1.72 bits per heavy atom. The molecule has 1 aromatic carbocycles. The average Bonchev–Trinajstić information content (AvgIpc) is 2.51. The van der Waals surface area contributed by atoms with Crippen molar-refractivity contribution < 1.29 is 9.59 Å². The van der Waals surface area contributed by atoms with Crippen LogP contribution in [-0.4, -0.2) is 50.4 Å². The minimum atomic E-state index is -0.269. The quantitative estimate of drug-likeness (QED) is 0.701. The van der Waals surface area contributed by atoms with Gasteiger partial charge in [0.05, 0.1) is 12.5 Å². The number of amides is 2. The van der Waals surface area contributed by atoms with Gasteiger partial charge in [-0.05, 0) is 44.5 Å². The summed E-state index contributed by atoms with van der Waals surface area (Å²) in [6, 6.07) is 8.03. The molecule has 1 rings (SSSR count). The molecule has 1 aromatic rings. The van der Waals surface area contributed by atoms with E-state index in [0.29, 0.717) is 12.5 Å². The van der Waals surface area contributed by atoms with Gasteiger partial charge in [-0.2, -0.15) is 0 Å². The van der Waals surface area contributed by atoms with Crippen molar-refractivity contribution in [3.63, 3.8) is 0 Å². The first-order valence-corrected chi connectivity index (χ1v) is 8.58. The van der Waals surface area contributed by atoms with Crippen LogP contribution in [-0.2, 0) is 16.0 Å². The van der Waals surface area contributed by atoms with Crippen molar-refractivity contribution in [1.29, 1.82) is 0 Å². The van der Waals surface area contributed by atoms with Crippen molar-refractivity contribution in [3.05, 3.63) is 35.4 Å². The zero-order valence-electron chi connectivity index (χ0n) is 16.0. The summed E-state index contributed by atoms with van der Waals surface area (Å²) in [4.78, 5) is 26.1. The summed E-state index contributed by atoms with van der Waals surface area (Å²) in [5.41, 5.74) is 2.24. The summed E-state index contributed by atoms with van der Waals surface area (Å²) in [5.74, 6) is -0.0137.